The Bertz CT molecular complexity index is 804. The van der Waals surface area contributed by atoms with E-state index in [1.807, 2.05) is 0 Å². The number of hydrogen-bond acceptors (Lipinski definition) is 0. The summed E-state index contributed by atoms with van der Waals surface area (Å²) >= 11 is 0. The standard InChI is InChI=1S/C23H22/c1-3-7-14(8-4-1)22-13-18-16-11-20(22)21-17(16)12-19(18)23(21,22)15-9-5-2-6-10-15/h1-10,16-21H,11-13H2. The second-order valence-electron chi connectivity index (χ2n) is 8.98. The summed E-state index contributed by atoms with van der Waals surface area (Å²) in [5, 5.41) is 0. The maximum atomic E-state index is 2.46. The summed E-state index contributed by atoms with van der Waals surface area (Å²) in [6, 6.07) is 23.3. The highest BCUT2D eigenvalue weighted by molar-refractivity contribution is 5.56. The van der Waals surface area contributed by atoms with E-state index in [1.165, 1.54) is 6.42 Å². The van der Waals surface area contributed by atoms with E-state index in [0.29, 0.717) is 10.8 Å². The van der Waals surface area contributed by atoms with E-state index in [9.17, 15) is 0 Å². The Labute approximate surface area is 137 Å². The molecule has 5 aliphatic rings. The Morgan fingerprint density at radius 1 is 0.652 bits per heavy atom. The lowest BCUT2D eigenvalue weighted by atomic mass is 9.36. The van der Waals surface area contributed by atoms with Crippen molar-refractivity contribution in [2.24, 2.45) is 35.5 Å². The second kappa shape index (κ2) is 3.43. The van der Waals surface area contributed by atoms with Crippen LogP contribution in [0, 0.1) is 35.5 Å². The normalized spacial score (nSPS) is 53.0. The second-order valence-corrected chi connectivity index (χ2v) is 8.98. The molecule has 0 radical (unpaired) electrons. The van der Waals surface area contributed by atoms with Gasteiger partial charge in [0.05, 0.1) is 0 Å². The third-order valence-electron chi connectivity index (χ3n) is 9.14. The Kier molecular flexibility index (Phi) is 1.78. The van der Waals surface area contributed by atoms with Gasteiger partial charge in [-0.1, -0.05) is 60.7 Å². The zero-order chi connectivity index (χ0) is 14.8. The van der Waals surface area contributed by atoms with Gasteiger partial charge in [-0.25, -0.2) is 0 Å². The van der Waals surface area contributed by atoms with Gasteiger partial charge in [0.15, 0.2) is 0 Å². The van der Waals surface area contributed by atoms with Gasteiger partial charge in [0, 0.05) is 10.8 Å². The van der Waals surface area contributed by atoms with Crippen LogP contribution in [0.25, 0.3) is 0 Å². The van der Waals surface area contributed by atoms with Crippen molar-refractivity contribution in [1.29, 1.82) is 0 Å². The minimum atomic E-state index is 0.470. The quantitative estimate of drug-likeness (QED) is 0.747. The van der Waals surface area contributed by atoms with Crippen molar-refractivity contribution in [3.8, 4) is 0 Å². The molecule has 0 N–H and O–H groups in total. The van der Waals surface area contributed by atoms with Crippen molar-refractivity contribution in [3.63, 3.8) is 0 Å². The number of rotatable bonds is 2. The molecule has 0 heteroatoms. The zero-order valence-corrected chi connectivity index (χ0v) is 13.4. The molecule has 0 nitrogen and oxygen atoms in total. The zero-order valence-electron chi connectivity index (χ0n) is 13.4. The highest BCUT2D eigenvalue weighted by Crippen LogP contribution is 2.92. The third-order valence-corrected chi connectivity index (χ3v) is 9.14. The van der Waals surface area contributed by atoms with E-state index < -0.39 is 0 Å². The number of benzene rings is 2. The molecule has 0 heterocycles. The average molecular weight is 298 g/mol. The SMILES string of the molecule is c1ccc(C23CC4C5CC2C2C5CC4C23c2ccccc2)cc1. The van der Waals surface area contributed by atoms with Gasteiger partial charge in [0.2, 0.25) is 0 Å². The lowest BCUT2D eigenvalue weighted by Crippen LogP contribution is -2.67. The van der Waals surface area contributed by atoms with Crippen molar-refractivity contribution in [3.05, 3.63) is 71.8 Å². The topological polar surface area (TPSA) is 0 Å². The number of fused-ring (bicyclic) bond motifs is 2. The maximum absolute atomic E-state index is 2.46. The van der Waals surface area contributed by atoms with Gasteiger partial charge in [-0.3, -0.25) is 0 Å². The van der Waals surface area contributed by atoms with Crippen LogP contribution in [0.4, 0.5) is 0 Å². The molecule has 5 aliphatic carbocycles. The van der Waals surface area contributed by atoms with Crippen LogP contribution >= 0.6 is 0 Å². The predicted octanol–water partition coefficient (Wildman–Crippen LogP) is 4.80. The third kappa shape index (κ3) is 0.930. The first kappa shape index (κ1) is 11.9. The first-order valence-corrected chi connectivity index (χ1v) is 9.50. The average Bonchev–Trinajstić information content (AvgIpc) is 3.18. The Morgan fingerprint density at radius 3 is 2.04 bits per heavy atom. The molecule has 2 aromatic carbocycles. The molecular weight excluding hydrogens is 276 g/mol. The molecule has 2 bridgehead atoms. The highest BCUT2D eigenvalue weighted by atomic mass is 14.9. The van der Waals surface area contributed by atoms with Gasteiger partial charge < -0.3 is 0 Å². The minimum absolute atomic E-state index is 0.470. The molecule has 0 amide bonds. The lowest BCUT2D eigenvalue weighted by molar-refractivity contribution is -0.0535. The van der Waals surface area contributed by atoms with Gasteiger partial charge in [0.1, 0.15) is 0 Å². The van der Waals surface area contributed by atoms with Crippen LogP contribution in [0.1, 0.15) is 30.4 Å². The summed E-state index contributed by atoms with van der Waals surface area (Å²) in [5.41, 5.74) is 4.30. The van der Waals surface area contributed by atoms with Crippen LogP contribution in [0.5, 0.6) is 0 Å². The van der Waals surface area contributed by atoms with Crippen molar-refractivity contribution in [1.82, 2.24) is 0 Å². The molecule has 0 aromatic heterocycles. The molecular formula is C23H22. The molecule has 2 aromatic rings. The van der Waals surface area contributed by atoms with Crippen molar-refractivity contribution in [2.75, 3.05) is 0 Å². The van der Waals surface area contributed by atoms with E-state index in [0.717, 1.165) is 35.5 Å². The number of hydrogen-bond donors (Lipinski definition) is 0. The van der Waals surface area contributed by atoms with Gasteiger partial charge in [-0.15, -0.1) is 0 Å². The van der Waals surface area contributed by atoms with Crippen molar-refractivity contribution < 1.29 is 0 Å². The van der Waals surface area contributed by atoms with Crippen LogP contribution in [0.2, 0.25) is 0 Å². The smallest absolute Gasteiger partial charge is 0.0118 e. The van der Waals surface area contributed by atoms with Crippen LogP contribution in [-0.4, -0.2) is 0 Å². The Balaban J connectivity index is 1.56. The molecule has 23 heavy (non-hydrogen) atoms. The Morgan fingerprint density at radius 2 is 1.30 bits per heavy atom. The molecule has 7 rings (SSSR count). The van der Waals surface area contributed by atoms with E-state index in [-0.39, 0.29) is 0 Å². The van der Waals surface area contributed by atoms with E-state index in [4.69, 9.17) is 0 Å². The van der Waals surface area contributed by atoms with Gasteiger partial charge in [-0.2, -0.15) is 0 Å². The summed E-state index contributed by atoms with van der Waals surface area (Å²) in [7, 11) is 0. The van der Waals surface area contributed by atoms with Gasteiger partial charge in [-0.05, 0) is 65.9 Å². The first-order valence-electron chi connectivity index (χ1n) is 9.50. The Hall–Kier alpha value is -1.56. The highest BCUT2D eigenvalue weighted by Gasteiger charge is 2.90. The summed E-state index contributed by atoms with van der Waals surface area (Å²) < 4.78 is 0. The van der Waals surface area contributed by atoms with E-state index in [1.54, 1.807) is 24.0 Å². The summed E-state index contributed by atoms with van der Waals surface area (Å²) in [5.74, 6) is 6.13. The molecule has 8 unspecified atom stereocenters. The monoisotopic (exact) mass is 298 g/mol. The summed E-state index contributed by atoms with van der Waals surface area (Å²) in [4.78, 5) is 0. The molecule has 5 saturated carbocycles. The summed E-state index contributed by atoms with van der Waals surface area (Å²) in [6.45, 7) is 0. The van der Waals surface area contributed by atoms with Crippen LogP contribution < -0.4 is 0 Å². The fraction of sp³-hybridized carbons (Fsp3) is 0.478. The molecule has 0 aliphatic heterocycles. The van der Waals surface area contributed by atoms with Crippen molar-refractivity contribution >= 4 is 0 Å². The largest absolute Gasteiger partial charge is 0.0622 e. The fourth-order valence-electron chi connectivity index (χ4n) is 9.20. The van der Waals surface area contributed by atoms with Crippen molar-refractivity contribution in [2.45, 2.75) is 30.1 Å². The molecule has 5 fully saturated rings. The molecule has 114 valence electrons. The van der Waals surface area contributed by atoms with Gasteiger partial charge in [0.25, 0.3) is 0 Å². The van der Waals surface area contributed by atoms with E-state index in [2.05, 4.69) is 60.7 Å². The molecule has 0 saturated heterocycles. The predicted molar refractivity (Wildman–Crippen MR) is 91.0 cm³/mol. The fourth-order valence-corrected chi connectivity index (χ4v) is 9.20. The first-order chi connectivity index (χ1) is 11.4. The van der Waals surface area contributed by atoms with E-state index >= 15 is 0 Å². The lowest BCUT2D eigenvalue weighted by Gasteiger charge is -2.66. The summed E-state index contributed by atoms with van der Waals surface area (Å²) in [6.07, 6.45) is 4.57. The molecule has 0 spiro atoms. The van der Waals surface area contributed by atoms with Crippen LogP contribution in [0.15, 0.2) is 60.7 Å². The molecule has 8 atom stereocenters. The maximum Gasteiger partial charge on any atom is 0.0118 e. The van der Waals surface area contributed by atoms with Gasteiger partial charge >= 0.3 is 0 Å². The minimum Gasteiger partial charge on any atom is -0.0622 e. The van der Waals surface area contributed by atoms with Crippen LogP contribution in [-0.2, 0) is 10.8 Å². The van der Waals surface area contributed by atoms with Crippen LogP contribution in [0.3, 0.4) is 0 Å².